The van der Waals surface area contributed by atoms with Crippen LogP contribution in [0.5, 0.6) is 0 Å². The summed E-state index contributed by atoms with van der Waals surface area (Å²) in [5, 5.41) is 0.446. The average Bonchev–Trinajstić information content (AvgIpc) is 2.01. The van der Waals surface area contributed by atoms with E-state index in [1.54, 1.807) is 12.1 Å². The molecule has 1 aliphatic carbocycles. The maximum Gasteiger partial charge on any atom is 0.129 e. The van der Waals surface area contributed by atoms with E-state index in [9.17, 15) is 4.39 Å². The maximum absolute atomic E-state index is 13.4. The Morgan fingerprint density at radius 1 is 1.38 bits per heavy atom. The fourth-order valence-corrected chi connectivity index (χ4v) is 2.13. The predicted molar refractivity (Wildman–Crippen MR) is 51.1 cm³/mol. The summed E-state index contributed by atoms with van der Waals surface area (Å²) in [5.41, 5.74) is 5.98. The number of nitrogens with two attached hydrogens (primary N) is 1. The molecule has 0 aromatic heterocycles. The smallest absolute Gasteiger partial charge is 0.129 e. The molecule has 2 N–H and O–H groups in total. The van der Waals surface area contributed by atoms with E-state index in [-0.39, 0.29) is 5.82 Å². The van der Waals surface area contributed by atoms with Gasteiger partial charge in [-0.2, -0.15) is 0 Å². The number of hydrogen-bond acceptors (Lipinski definition) is 1. The van der Waals surface area contributed by atoms with Crippen LogP contribution in [0, 0.1) is 5.82 Å². The van der Waals surface area contributed by atoms with Gasteiger partial charge in [0.15, 0.2) is 0 Å². The minimum atomic E-state index is -0.511. The summed E-state index contributed by atoms with van der Waals surface area (Å²) >= 11 is 5.91. The lowest BCUT2D eigenvalue weighted by Crippen LogP contribution is -2.44. The van der Waals surface area contributed by atoms with Crippen molar-refractivity contribution in [1.29, 1.82) is 0 Å². The van der Waals surface area contributed by atoms with Crippen LogP contribution in [0.25, 0.3) is 0 Å². The summed E-state index contributed by atoms with van der Waals surface area (Å²) in [6, 6.07) is 4.70. The summed E-state index contributed by atoms with van der Waals surface area (Å²) in [6.45, 7) is 0. The molecule has 0 heterocycles. The molecule has 13 heavy (non-hydrogen) atoms. The van der Waals surface area contributed by atoms with Crippen LogP contribution in [0.4, 0.5) is 4.39 Å². The molecule has 70 valence electrons. The molecule has 0 unspecified atom stereocenters. The molecule has 0 spiro atoms. The van der Waals surface area contributed by atoms with Crippen molar-refractivity contribution in [2.24, 2.45) is 5.73 Å². The van der Waals surface area contributed by atoms with E-state index in [0.717, 1.165) is 19.3 Å². The van der Waals surface area contributed by atoms with Gasteiger partial charge in [0, 0.05) is 16.1 Å². The largest absolute Gasteiger partial charge is 0.321 e. The Balaban J connectivity index is 2.49. The predicted octanol–water partition coefficient (Wildman–Crippen LogP) is 2.82. The second-order valence-corrected chi connectivity index (χ2v) is 4.01. The minimum absolute atomic E-state index is 0.283. The van der Waals surface area contributed by atoms with E-state index in [0.29, 0.717) is 10.6 Å². The molecule has 0 bridgehead atoms. The molecule has 1 aromatic rings. The van der Waals surface area contributed by atoms with Gasteiger partial charge < -0.3 is 5.73 Å². The Morgan fingerprint density at radius 2 is 2.08 bits per heavy atom. The summed E-state index contributed by atoms with van der Waals surface area (Å²) in [7, 11) is 0. The fraction of sp³-hybridized carbons (Fsp3) is 0.400. The van der Waals surface area contributed by atoms with Crippen molar-refractivity contribution in [1.82, 2.24) is 0 Å². The Kier molecular flexibility index (Phi) is 2.05. The van der Waals surface area contributed by atoms with Crippen molar-refractivity contribution in [3.8, 4) is 0 Å². The van der Waals surface area contributed by atoms with Gasteiger partial charge in [0.2, 0.25) is 0 Å². The normalized spacial score (nSPS) is 19.6. The van der Waals surface area contributed by atoms with Crippen LogP contribution in [0.2, 0.25) is 5.02 Å². The lowest BCUT2D eigenvalue weighted by Gasteiger charge is -2.39. The first-order chi connectivity index (χ1) is 6.13. The topological polar surface area (TPSA) is 26.0 Å². The highest BCUT2D eigenvalue weighted by atomic mass is 35.5. The van der Waals surface area contributed by atoms with Crippen molar-refractivity contribution in [2.45, 2.75) is 24.8 Å². The highest BCUT2D eigenvalue weighted by Gasteiger charge is 2.38. The Bertz CT molecular complexity index is 313. The molecule has 1 aromatic carbocycles. The molecular formula is C10H11ClFN. The van der Waals surface area contributed by atoms with Crippen LogP contribution in [0.3, 0.4) is 0 Å². The summed E-state index contributed by atoms with van der Waals surface area (Å²) in [5.74, 6) is -0.283. The van der Waals surface area contributed by atoms with Crippen molar-refractivity contribution in [3.05, 3.63) is 34.6 Å². The van der Waals surface area contributed by atoms with E-state index < -0.39 is 5.54 Å². The number of rotatable bonds is 1. The summed E-state index contributed by atoms with van der Waals surface area (Å²) in [6.07, 6.45) is 2.71. The monoisotopic (exact) mass is 199 g/mol. The van der Waals surface area contributed by atoms with Crippen LogP contribution in [0.15, 0.2) is 18.2 Å². The summed E-state index contributed by atoms with van der Waals surface area (Å²) < 4.78 is 13.4. The zero-order valence-corrected chi connectivity index (χ0v) is 7.94. The van der Waals surface area contributed by atoms with Crippen molar-refractivity contribution in [3.63, 3.8) is 0 Å². The van der Waals surface area contributed by atoms with Gasteiger partial charge in [-0.05, 0) is 31.4 Å². The van der Waals surface area contributed by atoms with Crippen LogP contribution in [-0.2, 0) is 5.54 Å². The highest BCUT2D eigenvalue weighted by molar-refractivity contribution is 6.31. The van der Waals surface area contributed by atoms with E-state index in [1.807, 2.05) is 0 Å². The lowest BCUT2D eigenvalue weighted by atomic mass is 9.72. The van der Waals surface area contributed by atoms with E-state index in [4.69, 9.17) is 17.3 Å². The van der Waals surface area contributed by atoms with Gasteiger partial charge in [-0.1, -0.05) is 17.7 Å². The second kappa shape index (κ2) is 2.96. The van der Waals surface area contributed by atoms with Crippen LogP contribution in [-0.4, -0.2) is 0 Å². The van der Waals surface area contributed by atoms with Crippen molar-refractivity contribution in [2.75, 3.05) is 0 Å². The van der Waals surface area contributed by atoms with E-state index >= 15 is 0 Å². The standard InChI is InChI=1S/C10H11ClFN/c11-7-3-1-4-8(12)9(7)10(13)5-2-6-10/h1,3-4H,2,5-6,13H2. The second-order valence-electron chi connectivity index (χ2n) is 3.61. The quantitative estimate of drug-likeness (QED) is 0.740. The molecular weight excluding hydrogens is 189 g/mol. The van der Waals surface area contributed by atoms with E-state index in [1.165, 1.54) is 6.07 Å². The zero-order chi connectivity index (χ0) is 9.47. The molecule has 1 nitrogen and oxygen atoms in total. The third kappa shape index (κ3) is 1.34. The van der Waals surface area contributed by atoms with Gasteiger partial charge in [-0.3, -0.25) is 0 Å². The van der Waals surface area contributed by atoms with Gasteiger partial charge >= 0.3 is 0 Å². The molecule has 2 rings (SSSR count). The third-order valence-corrected chi connectivity index (χ3v) is 3.02. The van der Waals surface area contributed by atoms with Gasteiger partial charge in [0.25, 0.3) is 0 Å². The molecule has 3 heteroatoms. The van der Waals surface area contributed by atoms with Crippen LogP contribution >= 0.6 is 11.6 Å². The Hall–Kier alpha value is -0.600. The van der Waals surface area contributed by atoms with Gasteiger partial charge in [0.1, 0.15) is 5.82 Å². The van der Waals surface area contributed by atoms with Gasteiger partial charge in [0.05, 0.1) is 0 Å². The molecule has 1 aliphatic rings. The number of benzene rings is 1. The summed E-state index contributed by atoms with van der Waals surface area (Å²) in [4.78, 5) is 0. The first kappa shape index (κ1) is 8.97. The third-order valence-electron chi connectivity index (χ3n) is 2.71. The molecule has 0 amide bonds. The van der Waals surface area contributed by atoms with E-state index in [2.05, 4.69) is 0 Å². The molecule has 0 aliphatic heterocycles. The fourth-order valence-electron chi connectivity index (χ4n) is 1.78. The average molecular weight is 200 g/mol. The minimum Gasteiger partial charge on any atom is -0.321 e. The van der Waals surface area contributed by atoms with Gasteiger partial charge in [-0.15, -0.1) is 0 Å². The molecule has 0 saturated heterocycles. The molecule has 0 radical (unpaired) electrons. The Morgan fingerprint density at radius 3 is 2.54 bits per heavy atom. The molecule has 0 atom stereocenters. The first-order valence-corrected chi connectivity index (χ1v) is 4.75. The van der Waals surface area contributed by atoms with Gasteiger partial charge in [-0.25, -0.2) is 4.39 Å². The Labute approximate surface area is 81.7 Å². The molecule has 1 saturated carbocycles. The zero-order valence-electron chi connectivity index (χ0n) is 7.19. The molecule has 1 fully saturated rings. The van der Waals surface area contributed by atoms with Crippen molar-refractivity contribution < 1.29 is 4.39 Å². The highest BCUT2D eigenvalue weighted by Crippen LogP contribution is 2.42. The van der Waals surface area contributed by atoms with Crippen LogP contribution in [0.1, 0.15) is 24.8 Å². The first-order valence-electron chi connectivity index (χ1n) is 4.37. The number of halogens is 2. The lowest BCUT2D eigenvalue weighted by molar-refractivity contribution is 0.245. The van der Waals surface area contributed by atoms with Crippen molar-refractivity contribution >= 4 is 11.6 Å². The number of hydrogen-bond donors (Lipinski definition) is 1. The maximum atomic E-state index is 13.4. The van der Waals surface area contributed by atoms with Crippen LogP contribution < -0.4 is 5.73 Å². The SMILES string of the molecule is NC1(c2c(F)cccc2Cl)CCC1.